The number of benzene rings is 1. The van der Waals surface area contributed by atoms with E-state index in [2.05, 4.69) is 26.6 Å². The van der Waals surface area contributed by atoms with E-state index in [-0.39, 0.29) is 30.6 Å². The first-order chi connectivity index (χ1) is 11.9. The number of guanidine groups is 1. The highest BCUT2D eigenvalue weighted by Gasteiger charge is 2.27. The summed E-state index contributed by atoms with van der Waals surface area (Å²) in [6, 6.07) is 7.29. The Labute approximate surface area is 174 Å². The third-order valence-corrected chi connectivity index (χ3v) is 3.97. The second-order valence-corrected chi connectivity index (χ2v) is 6.47. The molecule has 0 aliphatic rings. The van der Waals surface area contributed by atoms with Gasteiger partial charge in [0, 0.05) is 20.1 Å². The van der Waals surface area contributed by atoms with Gasteiger partial charge in [-0.3, -0.25) is 4.99 Å². The molecule has 9 heteroatoms. The number of nitrogens with one attached hydrogen (secondary N) is 2. The first-order valence-electron chi connectivity index (χ1n) is 8.10. The lowest BCUT2D eigenvalue weighted by Crippen LogP contribution is -2.37. The summed E-state index contributed by atoms with van der Waals surface area (Å²) < 4.78 is 41.0. The summed E-state index contributed by atoms with van der Waals surface area (Å²) in [5.74, 6) is 1.86. The summed E-state index contributed by atoms with van der Waals surface area (Å²) in [5.41, 5.74) is 1.67. The summed E-state index contributed by atoms with van der Waals surface area (Å²) in [4.78, 5) is 4.16. The minimum atomic E-state index is -4.30. The van der Waals surface area contributed by atoms with E-state index in [0.29, 0.717) is 18.1 Å². The van der Waals surface area contributed by atoms with Gasteiger partial charge in [-0.25, -0.2) is 0 Å². The zero-order valence-corrected chi connectivity index (χ0v) is 18.2. The highest BCUT2D eigenvalue weighted by Crippen LogP contribution is 2.16. The smallest absolute Gasteiger partial charge is 0.367 e. The molecular formula is C17H27F3IN3OS. The number of hydrogen-bond acceptors (Lipinski definition) is 3. The second kappa shape index (κ2) is 14.4. The Kier molecular flexibility index (Phi) is 14.0. The normalized spacial score (nSPS) is 11.8. The van der Waals surface area contributed by atoms with Gasteiger partial charge in [0.2, 0.25) is 0 Å². The van der Waals surface area contributed by atoms with Gasteiger partial charge < -0.3 is 15.4 Å². The first kappa shape index (κ1) is 25.3. The third-order valence-electron chi connectivity index (χ3n) is 3.28. The third kappa shape index (κ3) is 12.6. The Morgan fingerprint density at radius 1 is 1.19 bits per heavy atom. The Morgan fingerprint density at radius 3 is 2.58 bits per heavy atom. The van der Waals surface area contributed by atoms with Crippen molar-refractivity contribution in [1.29, 1.82) is 0 Å². The molecule has 26 heavy (non-hydrogen) atoms. The quantitative estimate of drug-likeness (QED) is 0.217. The molecular weight excluding hydrogens is 478 g/mol. The van der Waals surface area contributed by atoms with E-state index >= 15 is 0 Å². The van der Waals surface area contributed by atoms with Crippen LogP contribution in [0.4, 0.5) is 13.2 Å². The molecule has 150 valence electrons. The molecule has 1 aromatic rings. The predicted octanol–water partition coefficient (Wildman–Crippen LogP) is 4.19. The Bertz CT molecular complexity index is 530. The fraction of sp³-hybridized carbons (Fsp3) is 0.588. The highest BCUT2D eigenvalue weighted by atomic mass is 127. The molecule has 0 saturated heterocycles. The van der Waals surface area contributed by atoms with Crippen LogP contribution in [0, 0.1) is 0 Å². The molecule has 1 rings (SSSR count). The Balaban J connectivity index is 0.00000625. The molecule has 0 fully saturated rings. The molecule has 0 spiro atoms. The zero-order valence-electron chi connectivity index (χ0n) is 15.1. The molecule has 0 amide bonds. The summed E-state index contributed by atoms with van der Waals surface area (Å²) >= 11 is 1.84. The lowest BCUT2D eigenvalue weighted by molar-refractivity contribution is -0.176. The van der Waals surface area contributed by atoms with Crippen LogP contribution >= 0.6 is 35.7 Å². The summed E-state index contributed by atoms with van der Waals surface area (Å²) in [5, 5.41) is 6.44. The molecule has 2 N–H and O–H groups in total. The number of rotatable bonds is 10. The van der Waals surface area contributed by atoms with Gasteiger partial charge in [0.25, 0.3) is 0 Å². The largest absolute Gasteiger partial charge is 0.411 e. The van der Waals surface area contributed by atoms with Gasteiger partial charge in [-0.05, 0) is 36.0 Å². The molecule has 0 atom stereocenters. The number of unbranched alkanes of at least 4 members (excludes halogenated alkanes) is 1. The van der Waals surface area contributed by atoms with Crippen LogP contribution in [0.5, 0.6) is 0 Å². The van der Waals surface area contributed by atoms with Gasteiger partial charge in [0.05, 0.1) is 6.61 Å². The van der Waals surface area contributed by atoms with E-state index in [0.717, 1.165) is 30.7 Å². The molecule has 0 bridgehead atoms. The number of nitrogens with zero attached hydrogens (tertiary/aromatic N) is 1. The maximum Gasteiger partial charge on any atom is 0.411 e. The molecule has 0 unspecified atom stereocenters. The molecule has 4 nitrogen and oxygen atoms in total. The van der Waals surface area contributed by atoms with Crippen molar-refractivity contribution < 1.29 is 17.9 Å². The monoisotopic (exact) mass is 505 g/mol. The maximum atomic E-state index is 12.1. The van der Waals surface area contributed by atoms with Crippen molar-refractivity contribution in [2.45, 2.75) is 32.2 Å². The van der Waals surface area contributed by atoms with Gasteiger partial charge in [-0.15, -0.1) is 24.0 Å². The van der Waals surface area contributed by atoms with Crippen LogP contribution in [0.1, 0.15) is 24.0 Å². The van der Waals surface area contributed by atoms with Gasteiger partial charge >= 0.3 is 6.18 Å². The lowest BCUT2D eigenvalue weighted by Gasteiger charge is -2.13. The minimum absolute atomic E-state index is 0. The summed E-state index contributed by atoms with van der Waals surface area (Å²) in [7, 11) is 1.71. The highest BCUT2D eigenvalue weighted by molar-refractivity contribution is 14.0. The zero-order chi connectivity index (χ0) is 18.5. The average molecular weight is 505 g/mol. The standard InChI is InChI=1S/C17H26F3N3OS.HI/c1-21-16(22-8-3-4-9-25-2)23-11-14-6-5-7-15(10-14)12-24-13-17(18,19)20;/h5-7,10H,3-4,8-9,11-13H2,1-2H3,(H2,21,22,23);1H. The predicted molar refractivity (Wildman–Crippen MR) is 113 cm³/mol. The number of aliphatic imine (C=N–C) groups is 1. The van der Waals surface area contributed by atoms with E-state index in [9.17, 15) is 13.2 Å². The maximum absolute atomic E-state index is 12.1. The molecule has 0 aliphatic carbocycles. The fourth-order valence-electron chi connectivity index (χ4n) is 2.10. The molecule has 0 radical (unpaired) electrons. The van der Waals surface area contributed by atoms with Crippen molar-refractivity contribution in [1.82, 2.24) is 10.6 Å². The van der Waals surface area contributed by atoms with Crippen LogP contribution in [0.3, 0.4) is 0 Å². The van der Waals surface area contributed by atoms with E-state index < -0.39 is 12.8 Å². The van der Waals surface area contributed by atoms with Gasteiger partial charge in [0.1, 0.15) is 6.61 Å². The van der Waals surface area contributed by atoms with Crippen molar-refractivity contribution in [2.24, 2.45) is 4.99 Å². The van der Waals surface area contributed by atoms with Crippen molar-refractivity contribution in [2.75, 3.05) is 32.2 Å². The number of thioether (sulfide) groups is 1. The van der Waals surface area contributed by atoms with Crippen molar-refractivity contribution in [3.05, 3.63) is 35.4 Å². The van der Waals surface area contributed by atoms with Crippen LogP contribution in [-0.2, 0) is 17.9 Å². The molecule has 1 aromatic carbocycles. The SMILES string of the molecule is CN=C(NCCCCSC)NCc1cccc(COCC(F)(F)F)c1.I. The average Bonchev–Trinajstić information content (AvgIpc) is 2.56. The second-order valence-electron chi connectivity index (χ2n) is 5.48. The first-order valence-corrected chi connectivity index (χ1v) is 9.50. The van der Waals surface area contributed by atoms with Crippen LogP contribution < -0.4 is 10.6 Å². The van der Waals surface area contributed by atoms with Crippen molar-refractivity contribution in [3.63, 3.8) is 0 Å². The number of halogens is 4. The van der Waals surface area contributed by atoms with E-state index in [1.165, 1.54) is 0 Å². The van der Waals surface area contributed by atoms with E-state index in [4.69, 9.17) is 0 Å². The molecule has 0 aromatic heterocycles. The van der Waals surface area contributed by atoms with Crippen LogP contribution in [0.15, 0.2) is 29.3 Å². The van der Waals surface area contributed by atoms with Gasteiger partial charge in [0.15, 0.2) is 5.96 Å². The Morgan fingerprint density at radius 2 is 1.92 bits per heavy atom. The van der Waals surface area contributed by atoms with Crippen molar-refractivity contribution in [3.8, 4) is 0 Å². The van der Waals surface area contributed by atoms with E-state index in [1.807, 2.05) is 30.0 Å². The number of ether oxygens (including phenoxy) is 1. The van der Waals surface area contributed by atoms with Crippen LogP contribution in [0.25, 0.3) is 0 Å². The molecule has 0 saturated carbocycles. The minimum Gasteiger partial charge on any atom is -0.367 e. The number of hydrogen-bond donors (Lipinski definition) is 2. The molecule has 0 aliphatic heterocycles. The fourth-order valence-corrected chi connectivity index (χ4v) is 2.59. The van der Waals surface area contributed by atoms with Crippen LogP contribution in [0.2, 0.25) is 0 Å². The Hall–Kier alpha value is -0.680. The topological polar surface area (TPSA) is 45.7 Å². The van der Waals surface area contributed by atoms with E-state index in [1.54, 1.807) is 13.1 Å². The summed E-state index contributed by atoms with van der Waals surface area (Å²) in [6.45, 7) is 0.0987. The summed E-state index contributed by atoms with van der Waals surface area (Å²) in [6.07, 6.45) is 0.0298. The number of alkyl halides is 3. The van der Waals surface area contributed by atoms with Gasteiger partial charge in [-0.1, -0.05) is 24.3 Å². The molecule has 0 heterocycles. The lowest BCUT2D eigenvalue weighted by atomic mass is 10.1. The van der Waals surface area contributed by atoms with Crippen molar-refractivity contribution >= 4 is 41.7 Å². The van der Waals surface area contributed by atoms with Gasteiger partial charge in [-0.2, -0.15) is 24.9 Å². The van der Waals surface area contributed by atoms with Crippen LogP contribution in [-0.4, -0.2) is 44.3 Å².